The van der Waals surface area contributed by atoms with Crippen LogP contribution in [0.1, 0.15) is 10.4 Å². The highest BCUT2D eigenvalue weighted by atomic mass is 19.1. The van der Waals surface area contributed by atoms with Crippen molar-refractivity contribution in [1.82, 2.24) is 4.98 Å². The van der Waals surface area contributed by atoms with Gasteiger partial charge in [-0.05, 0) is 24.3 Å². The second kappa shape index (κ2) is 4.79. The summed E-state index contributed by atoms with van der Waals surface area (Å²) in [7, 11) is 0. The molecule has 1 heterocycles. The van der Waals surface area contributed by atoms with Crippen LogP contribution in [-0.4, -0.2) is 10.9 Å². The molecule has 0 saturated carbocycles. The molecule has 6 heteroatoms. The molecule has 4 nitrogen and oxygen atoms in total. The van der Waals surface area contributed by atoms with Gasteiger partial charge in [0.05, 0.1) is 23.1 Å². The van der Waals surface area contributed by atoms with Crippen LogP contribution in [0.3, 0.4) is 0 Å². The molecule has 0 atom stereocenters. The number of anilines is 2. The van der Waals surface area contributed by atoms with Crippen molar-refractivity contribution in [3.63, 3.8) is 0 Å². The van der Waals surface area contributed by atoms with E-state index in [0.29, 0.717) is 0 Å². The van der Waals surface area contributed by atoms with Crippen molar-refractivity contribution >= 4 is 17.3 Å². The molecule has 1 amide bonds. The summed E-state index contributed by atoms with van der Waals surface area (Å²) >= 11 is 0. The number of rotatable bonds is 2. The van der Waals surface area contributed by atoms with E-state index in [1.807, 2.05) is 0 Å². The first kappa shape index (κ1) is 12.0. The van der Waals surface area contributed by atoms with Gasteiger partial charge >= 0.3 is 0 Å². The maximum atomic E-state index is 13.3. The van der Waals surface area contributed by atoms with Crippen LogP contribution in [0.25, 0.3) is 0 Å². The number of nitrogens with one attached hydrogen (secondary N) is 1. The second-order valence-electron chi connectivity index (χ2n) is 3.54. The number of nitrogens with zero attached hydrogens (tertiary/aromatic N) is 1. The molecular weight excluding hydrogens is 240 g/mol. The first-order chi connectivity index (χ1) is 8.58. The van der Waals surface area contributed by atoms with E-state index in [1.165, 1.54) is 18.3 Å². The van der Waals surface area contributed by atoms with E-state index in [9.17, 15) is 13.6 Å². The third-order valence-corrected chi connectivity index (χ3v) is 2.28. The van der Waals surface area contributed by atoms with Gasteiger partial charge in [0.2, 0.25) is 0 Å². The second-order valence-corrected chi connectivity index (χ2v) is 3.54. The predicted octanol–water partition coefficient (Wildman–Crippen LogP) is 2.19. The highest BCUT2D eigenvalue weighted by molar-refractivity contribution is 6.05. The molecule has 92 valence electrons. The Morgan fingerprint density at radius 3 is 2.72 bits per heavy atom. The number of hydrogen-bond acceptors (Lipinski definition) is 3. The molecule has 1 aromatic heterocycles. The van der Waals surface area contributed by atoms with E-state index in [2.05, 4.69) is 10.3 Å². The molecular formula is C12H9F2N3O. The van der Waals surface area contributed by atoms with Crippen molar-refractivity contribution in [2.75, 3.05) is 11.1 Å². The number of amides is 1. The number of hydrogen-bond donors (Lipinski definition) is 2. The van der Waals surface area contributed by atoms with Crippen molar-refractivity contribution in [2.45, 2.75) is 0 Å². The fraction of sp³-hybridized carbons (Fsp3) is 0. The molecule has 2 aromatic rings. The molecule has 0 aliphatic rings. The SMILES string of the molecule is Nc1cc(F)ccc1NC(=O)c1ccncc1F. The molecule has 0 spiro atoms. The minimum atomic E-state index is -0.740. The van der Waals surface area contributed by atoms with Gasteiger partial charge in [-0.25, -0.2) is 8.78 Å². The minimum Gasteiger partial charge on any atom is -0.397 e. The number of halogens is 2. The quantitative estimate of drug-likeness (QED) is 0.801. The topological polar surface area (TPSA) is 68.0 Å². The van der Waals surface area contributed by atoms with Gasteiger partial charge in [0.1, 0.15) is 5.82 Å². The summed E-state index contributed by atoms with van der Waals surface area (Å²) in [4.78, 5) is 15.3. The van der Waals surface area contributed by atoms with Gasteiger partial charge in [-0.15, -0.1) is 0 Å². The number of nitrogen functional groups attached to an aromatic ring is 1. The Morgan fingerprint density at radius 2 is 2.06 bits per heavy atom. The standard InChI is InChI=1S/C12H9F2N3O/c13-7-1-2-11(10(15)5-7)17-12(18)8-3-4-16-6-9(8)14/h1-6H,15H2,(H,17,18). The lowest BCUT2D eigenvalue weighted by molar-refractivity contribution is 0.102. The summed E-state index contributed by atoms with van der Waals surface area (Å²) in [5, 5.41) is 2.40. The van der Waals surface area contributed by atoms with Gasteiger partial charge in [0.15, 0.2) is 5.82 Å². The Bertz CT molecular complexity index is 602. The lowest BCUT2D eigenvalue weighted by atomic mass is 10.2. The first-order valence-corrected chi connectivity index (χ1v) is 5.04. The molecule has 0 bridgehead atoms. The van der Waals surface area contributed by atoms with Crippen LogP contribution in [-0.2, 0) is 0 Å². The van der Waals surface area contributed by atoms with E-state index >= 15 is 0 Å². The predicted molar refractivity (Wildman–Crippen MR) is 63.0 cm³/mol. The van der Waals surface area contributed by atoms with Gasteiger partial charge in [-0.2, -0.15) is 0 Å². The smallest absolute Gasteiger partial charge is 0.258 e. The fourth-order valence-corrected chi connectivity index (χ4v) is 1.40. The van der Waals surface area contributed by atoms with Gasteiger partial charge in [-0.3, -0.25) is 9.78 Å². The fourth-order valence-electron chi connectivity index (χ4n) is 1.40. The zero-order chi connectivity index (χ0) is 13.1. The van der Waals surface area contributed by atoms with Crippen molar-refractivity contribution in [3.8, 4) is 0 Å². The molecule has 3 N–H and O–H groups in total. The average Bonchev–Trinajstić information content (AvgIpc) is 2.33. The molecule has 0 saturated heterocycles. The highest BCUT2D eigenvalue weighted by Crippen LogP contribution is 2.20. The molecule has 1 aromatic carbocycles. The number of nitrogens with two attached hydrogens (primary N) is 1. The molecule has 0 radical (unpaired) electrons. The Kier molecular flexibility index (Phi) is 3.18. The van der Waals surface area contributed by atoms with Crippen molar-refractivity contribution in [1.29, 1.82) is 0 Å². The van der Waals surface area contributed by atoms with Crippen LogP contribution in [0, 0.1) is 11.6 Å². The zero-order valence-corrected chi connectivity index (χ0v) is 9.15. The maximum Gasteiger partial charge on any atom is 0.258 e. The lowest BCUT2D eigenvalue weighted by Crippen LogP contribution is -2.15. The van der Waals surface area contributed by atoms with Gasteiger partial charge in [-0.1, -0.05) is 0 Å². The van der Waals surface area contributed by atoms with E-state index in [4.69, 9.17) is 5.73 Å². The summed E-state index contributed by atoms with van der Waals surface area (Å²) in [6.07, 6.45) is 2.23. The summed E-state index contributed by atoms with van der Waals surface area (Å²) in [6.45, 7) is 0. The highest BCUT2D eigenvalue weighted by Gasteiger charge is 2.12. The number of carbonyl (C=O) groups excluding carboxylic acids is 1. The van der Waals surface area contributed by atoms with Crippen LogP contribution in [0.2, 0.25) is 0 Å². The molecule has 0 fully saturated rings. The summed E-state index contributed by atoms with van der Waals surface area (Å²) < 4.78 is 26.1. The number of aromatic nitrogens is 1. The minimum absolute atomic E-state index is 0.0674. The van der Waals surface area contributed by atoms with Crippen molar-refractivity contribution in [2.24, 2.45) is 0 Å². The van der Waals surface area contributed by atoms with E-state index < -0.39 is 17.5 Å². The van der Waals surface area contributed by atoms with E-state index in [-0.39, 0.29) is 16.9 Å². The normalized spacial score (nSPS) is 10.1. The Balaban J connectivity index is 2.24. The molecule has 0 aliphatic heterocycles. The third kappa shape index (κ3) is 2.42. The third-order valence-electron chi connectivity index (χ3n) is 2.28. The van der Waals surface area contributed by atoms with Crippen LogP contribution in [0.5, 0.6) is 0 Å². The summed E-state index contributed by atoms with van der Waals surface area (Å²) in [5.74, 6) is -1.93. The maximum absolute atomic E-state index is 13.3. The Morgan fingerprint density at radius 1 is 1.28 bits per heavy atom. The number of carbonyl (C=O) groups is 1. The summed E-state index contributed by atoms with van der Waals surface area (Å²) in [5.41, 5.74) is 5.65. The molecule has 2 rings (SSSR count). The van der Waals surface area contributed by atoms with E-state index in [1.54, 1.807) is 0 Å². The monoisotopic (exact) mass is 249 g/mol. The van der Waals surface area contributed by atoms with Crippen LogP contribution in [0.4, 0.5) is 20.2 Å². The van der Waals surface area contributed by atoms with Crippen molar-refractivity contribution < 1.29 is 13.6 Å². The lowest BCUT2D eigenvalue weighted by Gasteiger charge is -2.08. The van der Waals surface area contributed by atoms with Gasteiger partial charge < -0.3 is 11.1 Å². The molecule has 0 unspecified atom stereocenters. The molecule has 0 aliphatic carbocycles. The van der Waals surface area contributed by atoms with E-state index in [0.717, 1.165) is 18.3 Å². The van der Waals surface area contributed by atoms with Crippen LogP contribution < -0.4 is 11.1 Å². The number of pyridine rings is 1. The average molecular weight is 249 g/mol. The van der Waals surface area contributed by atoms with Crippen LogP contribution >= 0.6 is 0 Å². The Hall–Kier alpha value is -2.50. The summed E-state index contributed by atoms with van der Waals surface area (Å²) in [6, 6.07) is 4.76. The Labute approximate surface area is 101 Å². The van der Waals surface area contributed by atoms with Gasteiger partial charge in [0, 0.05) is 6.20 Å². The van der Waals surface area contributed by atoms with Crippen molar-refractivity contribution in [3.05, 3.63) is 53.9 Å². The van der Waals surface area contributed by atoms with Crippen LogP contribution in [0.15, 0.2) is 36.7 Å². The number of benzene rings is 1. The molecule has 18 heavy (non-hydrogen) atoms. The zero-order valence-electron chi connectivity index (χ0n) is 9.15. The van der Waals surface area contributed by atoms with Gasteiger partial charge in [0.25, 0.3) is 5.91 Å². The largest absolute Gasteiger partial charge is 0.397 e. The first-order valence-electron chi connectivity index (χ1n) is 5.04.